The lowest BCUT2D eigenvalue weighted by molar-refractivity contribution is -0.116. The van der Waals surface area contributed by atoms with Crippen molar-refractivity contribution in [3.8, 4) is 0 Å². The Morgan fingerprint density at radius 1 is 1.47 bits per heavy atom. The Morgan fingerprint density at radius 2 is 2.24 bits per heavy atom. The molecule has 2 rings (SSSR count). The molecule has 1 amide bonds. The van der Waals surface area contributed by atoms with Crippen LogP contribution in [-0.2, 0) is 4.79 Å². The van der Waals surface area contributed by atoms with Crippen molar-refractivity contribution in [2.24, 2.45) is 0 Å². The molecule has 0 aliphatic heterocycles. The summed E-state index contributed by atoms with van der Waals surface area (Å²) in [5.41, 5.74) is 1.19. The summed E-state index contributed by atoms with van der Waals surface area (Å²) in [7, 11) is 0. The first-order valence-electron chi connectivity index (χ1n) is 5.94. The van der Waals surface area contributed by atoms with Crippen LogP contribution >= 0.6 is 0 Å². The standard InChI is InChI=1S/C13H17FN2O/c1-9-8-11(4-5-12(9)14)16-13(17)6-7-15-10-2-3-10/h4-5,8,10,15H,2-3,6-7H2,1H3,(H,16,17). The van der Waals surface area contributed by atoms with Crippen LogP contribution in [0.3, 0.4) is 0 Å². The maximum absolute atomic E-state index is 13.0. The highest BCUT2D eigenvalue weighted by Gasteiger charge is 2.20. The molecular formula is C13H17FN2O. The van der Waals surface area contributed by atoms with Crippen LogP contribution in [0.1, 0.15) is 24.8 Å². The number of amides is 1. The SMILES string of the molecule is Cc1cc(NC(=O)CCNC2CC2)ccc1F. The predicted octanol–water partition coefficient (Wildman–Crippen LogP) is 2.21. The van der Waals surface area contributed by atoms with Gasteiger partial charge in [-0.2, -0.15) is 0 Å². The summed E-state index contributed by atoms with van der Waals surface area (Å²) in [5.74, 6) is -0.289. The summed E-state index contributed by atoms with van der Waals surface area (Å²) < 4.78 is 13.0. The number of benzene rings is 1. The van der Waals surface area contributed by atoms with E-state index in [1.807, 2.05) is 0 Å². The Hall–Kier alpha value is -1.42. The van der Waals surface area contributed by atoms with Gasteiger partial charge in [0, 0.05) is 24.7 Å². The monoisotopic (exact) mass is 236 g/mol. The number of anilines is 1. The van der Waals surface area contributed by atoms with Crippen molar-refractivity contribution in [3.63, 3.8) is 0 Å². The molecule has 4 heteroatoms. The van der Waals surface area contributed by atoms with E-state index in [1.54, 1.807) is 19.1 Å². The second-order valence-electron chi connectivity index (χ2n) is 4.49. The second kappa shape index (κ2) is 5.27. The lowest BCUT2D eigenvalue weighted by Crippen LogP contribution is -2.23. The molecule has 1 aliphatic carbocycles. The molecule has 1 aromatic rings. The van der Waals surface area contributed by atoms with Crippen molar-refractivity contribution in [3.05, 3.63) is 29.6 Å². The Morgan fingerprint density at radius 3 is 2.88 bits per heavy atom. The molecule has 0 radical (unpaired) electrons. The first-order chi connectivity index (χ1) is 8.15. The molecule has 1 saturated carbocycles. The average molecular weight is 236 g/mol. The predicted molar refractivity (Wildman–Crippen MR) is 65.4 cm³/mol. The van der Waals surface area contributed by atoms with Gasteiger partial charge in [0.2, 0.25) is 5.91 Å². The smallest absolute Gasteiger partial charge is 0.225 e. The van der Waals surface area contributed by atoms with E-state index in [0.29, 0.717) is 30.3 Å². The summed E-state index contributed by atoms with van der Waals surface area (Å²) in [6.45, 7) is 2.39. The molecule has 1 aromatic carbocycles. The van der Waals surface area contributed by atoms with E-state index in [0.717, 1.165) is 0 Å². The number of aryl methyl sites for hydroxylation is 1. The number of rotatable bonds is 5. The van der Waals surface area contributed by atoms with Gasteiger partial charge in [0.05, 0.1) is 0 Å². The first kappa shape index (κ1) is 12.0. The van der Waals surface area contributed by atoms with E-state index in [9.17, 15) is 9.18 Å². The third-order valence-corrected chi connectivity index (χ3v) is 2.80. The minimum Gasteiger partial charge on any atom is -0.326 e. The number of carbonyl (C=O) groups excluding carboxylic acids is 1. The van der Waals surface area contributed by atoms with Crippen LogP contribution in [0.5, 0.6) is 0 Å². The van der Waals surface area contributed by atoms with Gasteiger partial charge in [-0.05, 0) is 43.5 Å². The Balaban J connectivity index is 1.77. The number of halogens is 1. The topological polar surface area (TPSA) is 41.1 Å². The van der Waals surface area contributed by atoms with Crippen molar-refractivity contribution < 1.29 is 9.18 Å². The molecule has 0 saturated heterocycles. The van der Waals surface area contributed by atoms with Gasteiger partial charge in [0.25, 0.3) is 0 Å². The molecule has 2 N–H and O–H groups in total. The van der Waals surface area contributed by atoms with Crippen LogP contribution in [-0.4, -0.2) is 18.5 Å². The zero-order valence-corrected chi connectivity index (χ0v) is 9.92. The van der Waals surface area contributed by atoms with Crippen LogP contribution in [0.2, 0.25) is 0 Å². The van der Waals surface area contributed by atoms with Gasteiger partial charge in [-0.15, -0.1) is 0 Å². The lowest BCUT2D eigenvalue weighted by atomic mass is 10.2. The van der Waals surface area contributed by atoms with E-state index in [-0.39, 0.29) is 11.7 Å². The molecule has 1 aliphatic rings. The Kier molecular flexibility index (Phi) is 3.74. The van der Waals surface area contributed by atoms with Crippen molar-refractivity contribution in [1.82, 2.24) is 5.32 Å². The number of nitrogens with one attached hydrogen (secondary N) is 2. The number of hydrogen-bond donors (Lipinski definition) is 2. The second-order valence-corrected chi connectivity index (χ2v) is 4.49. The highest BCUT2D eigenvalue weighted by Crippen LogP contribution is 2.18. The molecule has 0 unspecified atom stereocenters. The third-order valence-electron chi connectivity index (χ3n) is 2.80. The van der Waals surface area contributed by atoms with Gasteiger partial charge in [-0.1, -0.05) is 0 Å². The quantitative estimate of drug-likeness (QED) is 0.823. The van der Waals surface area contributed by atoms with Crippen molar-refractivity contribution in [1.29, 1.82) is 0 Å². The van der Waals surface area contributed by atoms with E-state index < -0.39 is 0 Å². The van der Waals surface area contributed by atoms with Gasteiger partial charge in [0.15, 0.2) is 0 Å². The Bertz CT molecular complexity index is 416. The zero-order chi connectivity index (χ0) is 12.3. The maximum Gasteiger partial charge on any atom is 0.225 e. The third kappa shape index (κ3) is 3.82. The maximum atomic E-state index is 13.0. The summed E-state index contributed by atoms with van der Waals surface area (Å²) in [6, 6.07) is 5.21. The fourth-order valence-electron chi connectivity index (χ4n) is 1.62. The minimum absolute atomic E-state index is 0.0378. The highest BCUT2D eigenvalue weighted by atomic mass is 19.1. The minimum atomic E-state index is -0.251. The average Bonchev–Trinajstić information content (AvgIpc) is 3.07. The normalized spacial score (nSPS) is 14.7. The van der Waals surface area contributed by atoms with Crippen molar-refractivity contribution in [2.75, 3.05) is 11.9 Å². The molecule has 3 nitrogen and oxygen atoms in total. The summed E-state index contributed by atoms with van der Waals surface area (Å²) in [5, 5.41) is 6.03. The molecule has 0 atom stereocenters. The number of hydrogen-bond acceptors (Lipinski definition) is 2. The van der Waals surface area contributed by atoms with E-state index in [4.69, 9.17) is 0 Å². The van der Waals surface area contributed by atoms with Crippen LogP contribution in [0.15, 0.2) is 18.2 Å². The largest absolute Gasteiger partial charge is 0.326 e. The van der Waals surface area contributed by atoms with E-state index >= 15 is 0 Å². The summed E-state index contributed by atoms with van der Waals surface area (Å²) >= 11 is 0. The molecule has 1 fully saturated rings. The summed E-state index contributed by atoms with van der Waals surface area (Å²) in [4.78, 5) is 11.6. The zero-order valence-electron chi connectivity index (χ0n) is 9.92. The molecule has 0 heterocycles. The van der Waals surface area contributed by atoms with Gasteiger partial charge < -0.3 is 10.6 Å². The van der Waals surface area contributed by atoms with Gasteiger partial charge in [-0.3, -0.25) is 4.79 Å². The van der Waals surface area contributed by atoms with Gasteiger partial charge in [-0.25, -0.2) is 4.39 Å². The number of carbonyl (C=O) groups is 1. The van der Waals surface area contributed by atoms with Crippen LogP contribution in [0.25, 0.3) is 0 Å². The molecule has 0 spiro atoms. The molecule has 92 valence electrons. The van der Waals surface area contributed by atoms with Gasteiger partial charge in [0.1, 0.15) is 5.82 Å². The van der Waals surface area contributed by atoms with Gasteiger partial charge >= 0.3 is 0 Å². The van der Waals surface area contributed by atoms with Crippen LogP contribution in [0, 0.1) is 12.7 Å². The van der Waals surface area contributed by atoms with Crippen molar-refractivity contribution in [2.45, 2.75) is 32.2 Å². The molecular weight excluding hydrogens is 219 g/mol. The summed E-state index contributed by atoms with van der Waals surface area (Å²) in [6.07, 6.45) is 2.89. The Labute approximate surface area is 100 Å². The first-order valence-corrected chi connectivity index (χ1v) is 5.94. The molecule has 0 aromatic heterocycles. The van der Waals surface area contributed by atoms with Crippen molar-refractivity contribution >= 4 is 11.6 Å². The van der Waals surface area contributed by atoms with E-state index in [1.165, 1.54) is 18.9 Å². The molecule has 0 bridgehead atoms. The molecule has 17 heavy (non-hydrogen) atoms. The lowest BCUT2D eigenvalue weighted by Gasteiger charge is -2.07. The fraction of sp³-hybridized carbons (Fsp3) is 0.462. The fourth-order valence-corrected chi connectivity index (χ4v) is 1.62. The highest BCUT2D eigenvalue weighted by molar-refractivity contribution is 5.90. The van der Waals surface area contributed by atoms with Crippen LogP contribution in [0.4, 0.5) is 10.1 Å². The van der Waals surface area contributed by atoms with Crippen LogP contribution < -0.4 is 10.6 Å². The van der Waals surface area contributed by atoms with E-state index in [2.05, 4.69) is 10.6 Å².